The van der Waals surface area contributed by atoms with E-state index in [-0.39, 0.29) is 6.41 Å². The Bertz CT molecular complexity index is 952. The molecule has 1 atom stereocenters. The van der Waals surface area contributed by atoms with Gasteiger partial charge in [-0.25, -0.2) is 4.31 Å². The van der Waals surface area contributed by atoms with E-state index in [9.17, 15) is 0 Å². The van der Waals surface area contributed by atoms with Gasteiger partial charge in [-0.3, -0.25) is 4.79 Å². The Hall–Kier alpha value is -2.54. The minimum absolute atomic E-state index is 0.250. The summed E-state index contributed by atoms with van der Waals surface area (Å²) in [6.45, 7) is 9.90. The summed E-state index contributed by atoms with van der Waals surface area (Å²) in [7, 11) is 0. The van der Waals surface area contributed by atoms with Crippen LogP contribution in [0, 0.1) is 0 Å². The van der Waals surface area contributed by atoms with Crippen molar-refractivity contribution in [2.75, 3.05) is 37.7 Å². The van der Waals surface area contributed by atoms with E-state index < -0.39 is 0 Å². The average Bonchev–Trinajstić information content (AvgIpc) is 2.91. The van der Waals surface area contributed by atoms with Crippen molar-refractivity contribution in [1.82, 2.24) is 4.31 Å². The van der Waals surface area contributed by atoms with Gasteiger partial charge in [0.1, 0.15) is 0 Å². The summed E-state index contributed by atoms with van der Waals surface area (Å²) in [6, 6.07) is 18.0. The average molecular weight is 480 g/mol. The molecule has 5 rings (SSSR count). The largest absolute Gasteiger partial charge is 0.379 e. The van der Waals surface area contributed by atoms with E-state index in [1.54, 1.807) is 0 Å². The van der Waals surface area contributed by atoms with Gasteiger partial charge in [0, 0.05) is 37.1 Å². The zero-order chi connectivity index (χ0) is 24.2. The van der Waals surface area contributed by atoms with Crippen molar-refractivity contribution in [2.24, 2.45) is 5.73 Å². The smallest absolute Gasteiger partial charge is 0.204 e. The maximum atomic E-state index is 8.58. The molecule has 182 valence electrons. The number of rotatable bonds is 4. The number of amides is 1. The minimum atomic E-state index is 0.250. The lowest BCUT2D eigenvalue weighted by Gasteiger charge is -2.31. The van der Waals surface area contributed by atoms with Crippen LogP contribution in [0.15, 0.2) is 66.8 Å². The summed E-state index contributed by atoms with van der Waals surface area (Å²) in [5.41, 5.74) is 11.1. The van der Waals surface area contributed by atoms with Gasteiger partial charge in [-0.2, -0.15) is 0 Å². The fourth-order valence-electron chi connectivity index (χ4n) is 4.32. The number of nitrogens with two attached hydrogens (primary N) is 1. The molecule has 2 N–H and O–H groups in total. The minimum Gasteiger partial charge on any atom is -0.379 e. The second-order valence-corrected chi connectivity index (χ2v) is 9.40. The number of fused-ring (bicyclic) bond motifs is 1. The first kappa shape index (κ1) is 26.1. The summed E-state index contributed by atoms with van der Waals surface area (Å²) in [4.78, 5) is 11.1. The van der Waals surface area contributed by atoms with E-state index >= 15 is 0 Å². The summed E-state index contributed by atoms with van der Waals surface area (Å²) in [5.74, 6) is 0. The molecule has 0 bridgehead atoms. The third kappa shape index (κ3) is 7.23. The first-order valence-electron chi connectivity index (χ1n) is 12.2. The standard InChI is InChI=1S/C25H28N2OS.C2H6.CH3NO/c1-2-4-23-19-26(14-13-20(23)3-1)24-9-5-21(6-10-24)22-7-11-25(12-8-22)29-27-15-17-28-18-16-27;1-2;2-1-3/h1-11,25H,12-19H2;1-2H3;1H,(H2,2,3). The predicted molar refractivity (Wildman–Crippen MR) is 145 cm³/mol. The summed E-state index contributed by atoms with van der Waals surface area (Å²) in [6.07, 6.45) is 9.54. The van der Waals surface area contributed by atoms with Gasteiger partial charge >= 0.3 is 0 Å². The molecule has 1 fully saturated rings. The van der Waals surface area contributed by atoms with Crippen LogP contribution in [0.1, 0.15) is 37.0 Å². The molecule has 3 aliphatic rings. The molecular weight excluding hydrogens is 442 g/mol. The lowest BCUT2D eigenvalue weighted by atomic mass is 9.97. The first-order chi connectivity index (χ1) is 16.8. The second-order valence-electron chi connectivity index (χ2n) is 8.06. The first-order valence-corrected chi connectivity index (χ1v) is 13.1. The quantitative estimate of drug-likeness (QED) is 0.490. The SMILES string of the molecule is C1=CC(SN2CCOCC2)CC=C1c1ccc(N2CCc3ccccc3C2)cc1.CC.NC=O. The lowest BCUT2D eigenvalue weighted by molar-refractivity contribution is -0.106. The normalized spacial score (nSPS) is 19.5. The van der Waals surface area contributed by atoms with Gasteiger partial charge in [0.2, 0.25) is 6.41 Å². The van der Waals surface area contributed by atoms with Gasteiger partial charge in [-0.05, 0) is 47.2 Å². The molecule has 0 aromatic heterocycles. The van der Waals surface area contributed by atoms with Gasteiger partial charge in [0.25, 0.3) is 0 Å². The second kappa shape index (κ2) is 14.0. The molecule has 1 saturated heterocycles. The van der Waals surface area contributed by atoms with Gasteiger partial charge in [0.05, 0.1) is 13.2 Å². The number of carbonyl (C=O) groups is 1. The van der Waals surface area contributed by atoms with Gasteiger partial charge in [-0.1, -0.05) is 80.4 Å². The van der Waals surface area contributed by atoms with E-state index in [1.807, 2.05) is 25.8 Å². The molecule has 1 amide bonds. The molecule has 0 saturated carbocycles. The van der Waals surface area contributed by atoms with Crippen LogP contribution in [0.3, 0.4) is 0 Å². The van der Waals surface area contributed by atoms with Crippen LogP contribution in [0.2, 0.25) is 0 Å². The molecule has 1 unspecified atom stereocenters. The monoisotopic (exact) mass is 479 g/mol. The zero-order valence-electron chi connectivity index (χ0n) is 20.4. The van der Waals surface area contributed by atoms with E-state index in [1.165, 1.54) is 28.0 Å². The van der Waals surface area contributed by atoms with E-state index in [0.717, 1.165) is 52.2 Å². The maximum absolute atomic E-state index is 8.58. The number of morpholine rings is 1. The van der Waals surface area contributed by atoms with Crippen LogP contribution in [-0.4, -0.2) is 48.8 Å². The molecule has 0 radical (unpaired) electrons. The number of hydrogen-bond acceptors (Lipinski definition) is 5. The third-order valence-electron chi connectivity index (χ3n) is 6.01. The van der Waals surface area contributed by atoms with Crippen molar-refractivity contribution in [3.8, 4) is 0 Å². The molecule has 2 aromatic carbocycles. The Morgan fingerprint density at radius 2 is 1.68 bits per heavy atom. The Balaban J connectivity index is 0.000000603. The fraction of sp³-hybridized carbons (Fsp3) is 0.393. The number of carbonyl (C=O) groups excluding carboxylic acids is 1. The zero-order valence-corrected chi connectivity index (χ0v) is 21.2. The molecule has 2 aliphatic heterocycles. The number of primary amides is 1. The molecule has 5 nitrogen and oxygen atoms in total. The molecule has 0 spiro atoms. The molecule has 1 aliphatic carbocycles. The molecular formula is C28H37N3O2S. The van der Waals surface area contributed by atoms with Gasteiger partial charge < -0.3 is 15.4 Å². The van der Waals surface area contributed by atoms with Crippen molar-refractivity contribution in [1.29, 1.82) is 0 Å². The van der Waals surface area contributed by atoms with Gasteiger partial charge in [0.15, 0.2) is 0 Å². The maximum Gasteiger partial charge on any atom is 0.204 e. The number of benzene rings is 2. The molecule has 2 heterocycles. The Labute approximate surface area is 208 Å². The molecule has 2 aromatic rings. The number of nitrogens with zero attached hydrogens (tertiary/aromatic N) is 2. The van der Waals surface area contributed by atoms with Crippen LogP contribution in [0.25, 0.3) is 5.57 Å². The van der Waals surface area contributed by atoms with E-state index in [0.29, 0.717) is 5.25 Å². The Kier molecular flexibility index (Phi) is 10.7. The van der Waals surface area contributed by atoms with E-state index in [2.05, 4.69) is 81.7 Å². The van der Waals surface area contributed by atoms with Crippen LogP contribution in [0.4, 0.5) is 5.69 Å². The van der Waals surface area contributed by atoms with Crippen molar-refractivity contribution < 1.29 is 9.53 Å². The van der Waals surface area contributed by atoms with Crippen LogP contribution in [-0.2, 0) is 22.5 Å². The number of ether oxygens (including phenoxy) is 1. The highest BCUT2D eigenvalue weighted by Crippen LogP contribution is 2.31. The Morgan fingerprint density at radius 1 is 1.00 bits per heavy atom. The third-order valence-corrected chi connectivity index (χ3v) is 7.30. The lowest BCUT2D eigenvalue weighted by Crippen LogP contribution is -2.32. The molecule has 34 heavy (non-hydrogen) atoms. The summed E-state index contributed by atoms with van der Waals surface area (Å²) in [5, 5.41) is 0.546. The summed E-state index contributed by atoms with van der Waals surface area (Å²) >= 11 is 1.97. The van der Waals surface area contributed by atoms with Crippen LogP contribution in [0.5, 0.6) is 0 Å². The van der Waals surface area contributed by atoms with Crippen molar-refractivity contribution in [2.45, 2.75) is 38.5 Å². The van der Waals surface area contributed by atoms with Crippen molar-refractivity contribution in [3.05, 3.63) is 83.4 Å². The Morgan fingerprint density at radius 3 is 2.32 bits per heavy atom. The topological polar surface area (TPSA) is 58.8 Å². The predicted octanol–water partition coefficient (Wildman–Crippen LogP) is 5.07. The number of allylic oxidation sites excluding steroid dienone is 3. The summed E-state index contributed by atoms with van der Waals surface area (Å²) < 4.78 is 7.89. The van der Waals surface area contributed by atoms with Crippen molar-refractivity contribution in [3.63, 3.8) is 0 Å². The highest BCUT2D eigenvalue weighted by Gasteiger charge is 2.18. The van der Waals surface area contributed by atoms with Crippen LogP contribution < -0.4 is 10.6 Å². The highest BCUT2D eigenvalue weighted by molar-refractivity contribution is 7.97. The number of anilines is 1. The highest BCUT2D eigenvalue weighted by atomic mass is 32.2. The molecule has 6 heteroatoms. The van der Waals surface area contributed by atoms with Crippen molar-refractivity contribution >= 4 is 29.6 Å². The number of hydrogen-bond donors (Lipinski definition) is 1. The van der Waals surface area contributed by atoms with E-state index in [4.69, 9.17) is 9.53 Å². The fourth-order valence-corrected chi connectivity index (χ4v) is 5.39. The van der Waals surface area contributed by atoms with Crippen LogP contribution >= 0.6 is 11.9 Å². The van der Waals surface area contributed by atoms with Gasteiger partial charge in [-0.15, -0.1) is 0 Å².